The maximum Gasteiger partial charge on any atom is 0.320 e. The first-order valence-electron chi connectivity index (χ1n) is 3.65. The number of cyclic esters (lactones) is 2. The van der Waals surface area contributed by atoms with Crippen molar-refractivity contribution in [2.45, 2.75) is 24.8 Å². The smallest absolute Gasteiger partial charge is 0.320 e. The molecule has 1 atom stereocenters. The van der Waals surface area contributed by atoms with Gasteiger partial charge < -0.3 is 4.74 Å². The quantitative estimate of drug-likeness (QED) is 0.313. The molecule has 0 spiro atoms. The maximum atomic E-state index is 11.5. The van der Waals surface area contributed by atoms with Crippen molar-refractivity contribution >= 4 is 61.7 Å². The fourth-order valence-corrected chi connectivity index (χ4v) is 7.51. The standard InChI is InChI=1S/C6H7Br3O3Si/c1-2-6(13(7,8)9)3-4(10)12-5(6)11/h2-3H2,1H3. The average molecular weight is 395 g/mol. The molecule has 1 heterocycles. The zero-order chi connectivity index (χ0) is 10.3. The molecule has 1 rings (SSSR count). The summed E-state index contributed by atoms with van der Waals surface area (Å²) in [5.41, 5.74) is 0. The number of carbonyl (C=O) groups is 2. The zero-order valence-electron chi connectivity index (χ0n) is 6.77. The van der Waals surface area contributed by atoms with Crippen molar-refractivity contribution in [1.82, 2.24) is 0 Å². The minimum atomic E-state index is -2.24. The first-order valence-corrected chi connectivity index (χ1v) is 12.4. The van der Waals surface area contributed by atoms with Crippen molar-refractivity contribution in [3.8, 4) is 0 Å². The summed E-state index contributed by atoms with van der Waals surface area (Å²) in [5, 5.41) is -0.718. The molecule has 0 aromatic heterocycles. The summed E-state index contributed by atoms with van der Waals surface area (Å²) in [4.78, 5) is 22.5. The number of halogens is 3. The predicted octanol–water partition coefficient (Wildman–Crippen LogP) is 2.73. The molecule has 0 aromatic rings. The second-order valence-corrected chi connectivity index (χ2v) is 25.1. The molecule has 0 aromatic carbocycles. The van der Waals surface area contributed by atoms with Gasteiger partial charge in [-0.05, 0) is 6.42 Å². The van der Waals surface area contributed by atoms with Gasteiger partial charge in [-0.3, -0.25) is 9.59 Å². The molecule has 0 N–H and O–H groups in total. The Morgan fingerprint density at radius 1 is 1.46 bits per heavy atom. The monoisotopic (exact) mass is 392 g/mol. The van der Waals surface area contributed by atoms with Gasteiger partial charge in [0.25, 0.3) is 3.93 Å². The van der Waals surface area contributed by atoms with E-state index in [1.165, 1.54) is 0 Å². The van der Waals surface area contributed by atoms with Crippen molar-refractivity contribution in [3.05, 3.63) is 0 Å². The fourth-order valence-electron chi connectivity index (χ4n) is 1.24. The number of hydrogen-bond acceptors (Lipinski definition) is 3. The van der Waals surface area contributed by atoms with Gasteiger partial charge in [0.1, 0.15) is 5.04 Å². The molecule has 3 nitrogen and oxygen atoms in total. The molecule has 0 saturated carbocycles. The third-order valence-corrected chi connectivity index (χ3v) is 10.8. The van der Waals surface area contributed by atoms with Gasteiger partial charge in [0.05, 0.1) is 6.42 Å². The summed E-state index contributed by atoms with van der Waals surface area (Å²) >= 11 is 10.2. The molecule has 1 aliphatic heterocycles. The lowest BCUT2D eigenvalue weighted by atomic mass is 10.0. The highest BCUT2D eigenvalue weighted by atomic mass is 80.0. The van der Waals surface area contributed by atoms with Crippen LogP contribution in [0, 0.1) is 0 Å². The largest absolute Gasteiger partial charge is 0.393 e. The highest BCUT2D eigenvalue weighted by molar-refractivity contribution is 9.72. The van der Waals surface area contributed by atoms with Crippen LogP contribution in [-0.4, -0.2) is 15.9 Å². The molecule has 1 saturated heterocycles. The van der Waals surface area contributed by atoms with E-state index in [2.05, 4.69) is 50.6 Å². The van der Waals surface area contributed by atoms with Crippen LogP contribution in [0.1, 0.15) is 19.8 Å². The third-order valence-electron chi connectivity index (χ3n) is 2.19. The minimum Gasteiger partial charge on any atom is -0.393 e. The molecular formula is C6H7Br3O3Si. The Labute approximate surface area is 100 Å². The summed E-state index contributed by atoms with van der Waals surface area (Å²) in [7, 11) is 0. The molecule has 0 radical (unpaired) electrons. The van der Waals surface area contributed by atoms with E-state index >= 15 is 0 Å². The summed E-state index contributed by atoms with van der Waals surface area (Å²) in [5.74, 6) is -0.876. The van der Waals surface area contributed by atoms with Gasteiger partial charge in [0.2, 0.25) is 0 Å². The Morgan fingerprint density at radius 2 is 2.00 bits per heavy atom. The predicted molar refractivity (Wildman–Crippen MR) is 61.2 cm³/mol. The summed E-state index contributed by atoms with van der Waals surface area (Å²) in [6, 6.07) is 0. The summed E-state index contributed by atoms with van der Waals surface area (Å²) in [6.45, 7) is 1.87. The number of carbonyl (C=O) groups excluding carboxylic acids is 2. The van der Waals surface area contributed by atoms with Gasteiger partial charge in [-0.25, -0.2) is 0 Å². The van der Waals surface area contributed by atoms with E-state index in [4.69, 9.17) is 0 Å². The Bertz CT molecular complexity index is 262. The molecule has 0 amide bonds. The second-order valence-electron chi connectivity index (χ2n) is 2.87. The van der Waals surface area contributed by atoms with Gasteiger partial charge in [-0.2, -0.15) is 0 Å². The lowest BCUT2D eigenvalue weighted by Gasteiger charge is -2.28. The number of esters is 2. The second kappa shape index (κ2) is 3.75. The molecule has 7 heteroatoms. The molecule has 1 aliphatic rings. The van der Waals surface area contributed by atoms with Crippen LogP contribution in [0.4, 0.5) is 0 Å². The normalized spacial score (nSPS) is 29.2. The van der Waals surface area contributed by atoms with Gasteiger partial charge in [0.15, 0.2) is 0 Å². The van der Waals surface area contributed by atoms with Crippen LogP contribution in [0.5, 0.6) is 0 Å². The van der Waals surface area contributed by atoms with E-state index in [1.807, 2.05) is 6.92 Å². The van der Waals surface area contributed by atoms with Crippen molar-refractivity contribution in [2.24, 2.45) is 0 Å². The van der Waals surface area contributed by atoms with Crippen LogP contribution >= 0.6 is 45.9 Å². The average Bonchev–Trinajstić information content (AvgIpc) is 2.25. The van der Waals surface area contributed by atoms with E-state index in [0.29, 0.717) is 6.42 Å². The van der Waals surface area contributed by atoms with E-state index in [9.17, 15) is 9.59 Å². The first kappa shape index (κ1) is 11.9. The lowest BCUT2D eigenvalue weighted by molar-refractivity contribution is -0.152. The molecule has 0 aliphatic carbocycles. The maximum absolute atomic E-state index is 11.5. The lowest BCUT2D eigenvalue weighted by Crippen LogP contribution is -2.35. The summed E-state index contributed by atoms with van der Waals surface area (Å²) in [6.07, 6.45) is 0.724. The highest BCUT2D eigenvalue weighted by Crippen LogP contribution is 2.58. The highest BCUT2D eigenvalue weighted by Gasteiger charge is 2.60. The van der Waals surface area contributed by atoms with Crippen LogP contribution in [0.15, 0.2) is 0 Å². The number of hydrogen-bond donors (Lipinski definition) is 0. The van der Waals surface area contributed by atoms with Crippen LogP contribution in [-0.2, 0) is 14.3 Å². The van der Waals surface area contributed by atoms with Crippen molar-refractivity contribution < 1.29 is 14.3 Å². The van der Waals surface area contributed by atoms with Crippen molar-refractivity contribution in [2.75, 3.05) is 0 Å². The molecule has 13 heavy (non-hydrogen) atoms. The van der Waals surface area contributed by atoms with Crippen molar-refractivity contribution in [1.29, 1.82) is 0 Å². The SMILES string of the molecule is CCC1([Si](Br)(Br)Br)CC(=O)OC1=O. The molecule has 74 valence electrons. The Hall–Kier alpha value is 0.797. The minimum absolute atomic E-state index is 0.149. The first-order chi connectivity index (χ1) is 5.83. The number of rotatable bonds is 2. The molecule has 1 unspecified atom stereocenters. The van der Waals surface area contributed by atoms with E-state index in [-0.39, 0.29) is 6.42 Å². The van der Waals surface area contributed by atoms with Gasteiger partial charge in [-0.1, -0.05) is 52.8 Å². The van der Waals surface area contributed by atoms with Crippen LogP contribution in [0.2, 0.25) is 5.04 Å². The Kier molecular flexibility index (Phi) is 3.42. The molecular weight excluding hydrogens is 388 g/mol. The van der Waals surface area contributed by atoms with Crippen molar-refractivity contribution in [3.63, 3.8) is 0 Å². The summed E-state index contributed by atoms with van der Waals surface area (Å²) < 4.78 is 2.32. The topological polar surface area (TPSA) is 43.4 Å². The Balaban J connectivity index is 3.08. The third kappa shape index (κ3) is 1.93. The molecule has 0 bridgehead atoms. The zero-order valence-corrected chi connectivity index (χ0v) is 12.5. The van der Waals surface area contributed by atoms with E-state index < -0.39 is 20.9 Å². The van der Waals surface area contributed by atoms with Crippen LogP contribution < -0.4 is 0 Å². The van der Waals surface area contributed by atoms with Gasteiger partial charge in [0, 0.05) is 0 Å². The van der Waals surface area contributed by atoms with Crippen LogP contribution in [0.3, 0.4) is 0 Å². The van der Waals surface area contributed by atoms with Crippen LogP contribution in [0.25, 0.3) is 0 Å². The van der Waals surface area contributed by atoms with Gasteiger partial charge in [-0.15, -0.1) is 0 Å². The fraction of sp³-hybridized carbons (Fsp3) is 0.667. The Morgan fingerprint density at radius 3 is 2.15 bits per heavy atom. The molecule has 1 fully saturated rings. The van der Waals surface area contributed by atoms with E-state index in [1.54, 1.807) is 0 Å². The van der Waals surface area contributed by atoms with Gasteiger partial charge >= 0.3 is 11.9 Å². The van der Waals surface area contributed by atoms with E-state index in [0.717, 1.165) is 0 Å². The number of ether oxygens (including phenoxy) is 1.